The zero-order valence-corrected chi connectivity index (χ0v) is 13.8. The number of likely N-dealkylation sites (tertiary alicyclic amines) is 1. The summed E-state index contributed by atoms with van der Waals surface area (Å²) >= 11 is 0. The van der Waals surface area contributed by atoms with E-state index < -0.39 is 0 Å². The summed E-state index contributed by atoms with van der Waals surface area (Å²) in [7, 11) is 0. The second kappa shape index (κ2) is 6.35. The third-order valence-electron chi connectivity index (χ3n) is 5.13. The van der Waals surface area contributed by atoms with Crippen molar-refractivity contribution in [2.45, 2.75) is 65.0 Å². The molecule has 0 aliphatic carbocycles. The van der Waals surface area contributed by atoms with Gasteiger partial charge in [-0.25, -0.2) is 4.98 Å². The van der Waals surface area contributed by atoms with Crippen LogP contribution in [0.2, 0.25) is 0 Å². The van der Waals surface area contributed by atoms with Crippen LogP contribution in [0.25, 0.3) is 0 Å². The van der Waals surface area contributed by atoms with Crippen LogP contribution in [0.3, 0.4) is 0 Å². The van der Waals surface area contributed by atoms with Gasteiger partial charge in [0.25, 0.3) is 0 Å². The van der Waals surface area contributed by atoms with Crippen molar-refractivity contribution in [2.75, 3.05) is 24.5 Å². The highest BCUT2D eigenvalue weighted by Gasteiger charge is 2.27. The summed E-state index contributed by atoms with van der Waals surface area (Å²) in [5, 5.41) is 0. The Bertz CT molecular complexity index is 477. The van der Waals surface area contributed by atoms with Crippen molar-refractivity contribution in [1.29, 1.82) is 0 Å². The molecule has 3 heterocycles. The molecule has 1 aromatic heterocycles. The van der Waals surface area contributed by atoms with Gasteiger partial charge >= 0.3 is 0 Å². The zero-order valence-electron chi connectivity index (χ0n) is 13.8. The molecule has 1 atom stereocenters. The highest BCUT2D eigenvalue weighted by atomic mass is 15.2. The first kappa shape index (κ1) is 14.8. The molecule has 3 heteroatoms. The minimum absolute atomic E-state index is 0.568. The van der Waals surface area contributed by atoms with Gasteiger partial charge in [-0.15, -0.1) is 0 Å². The van der Waals surface area contributed by atoms with Crippen molar-refractivity contribution in [1.82, 2.24) is 9.88 Å². The SMILES string of the molecule is Cc1cc(N2CCCC2)ncc1[C@@H]1CCCCN1C(C)C. The predicted molar refractivity (Wildman–Crippen MR) is 88.9 cm³/mol. The van der Waals surface area contributed by atoms with Gasteiger partial charge in [-0.05, 0) is 70.2 Å². The van der Waals surface area contributed by atoms with Gasteiger partial charge in [-0.3, -0.25) is 4.90 Å². The summed E-state index contributed by atoms with van der Waals surface area (Å²) in [6.45, 7) is 10.5. The van der Waals surface area contributed by atoms with Crippen LogP contribution in [-0.4, -0.2) is 35.6 Å². The minimum Gasteiger partial charge on any atom is -0.357 e. The first-order valence-electron chi connectivity index (χ1n) is 8.64. The molecule has 21 heavy (non-hydrogen) atoms. The fourth-order valence-corrected chi connectivity index (χ4v) is 3.93. The third-order valence-corrected chi connectivity index (χ3v) is 5.13. The van der Waals surface area contributed by atoms with Crippen molar-refractivity contribution in [2.24, 2.45) is 0 Å². The van der Waals surface area contributed by atoms with E-state index in [-0.39, 0.29) is 0 Å². The molecule has 0 unspecified atom stereocenters. The summed E-state index contributed by atoms with van der Waals surface area (Å²) in [5.74, 6) is 1.18. The van der Waals surface area contributed by atoms with E-state index in [2.05, 4.69) is 42.8 Å². The summed E-state index contributed by atoms with van der Waals surface area (Å²) in [6.07, 6.45) is 8.75. The molecule has 0 N–H and O–H groups in total. The second-order valence-corrected chi connectivity index (χ2v) is 6.94. The first-order valence-corrected chi connectivity index (χ1v) is 8.64. The summed E-state index contributed by atoms with van der Waals surface area (Å²) < 4.78 is 0. The van der Waals surface area contributed by atoms with Crippen LogP contribution in [0.5, 0.6) is 0 Å². The smallest absolute Gasteiger partial charge is 0.128 e. The molecule has 1 aromatic rings. The van der Waals surface area contributed by atoms with E-state index in [9.17, 15) is 0 Å². The van der Waals surface area contributed by atoms with Gasteiger partial charge in [0.2, 0.25) is 0 Å². The Morgan fingerprint density at radius 2 is 1.81 bits per heavy atom. The molecule has 2 aliphatic rings. The minimum atomic E-state index is 0.568. The van der Waals surface area contributed by atoms with E-state index in [1.54, 1.807) is 0 Å². The lowest BCUT2D eigenvalue weighted by atomic mass is 9.92. The van der Waals surface area contributed by atoms with E-state index in [0.29, 0.717) is 12.1 Å². The molecule has 0 bridgehead atoms. The topological polar surface area (TPSA) is 19.4 Å². The number of pyridine rings is 1. The summed E-state index contributed by atoms with van der Waals surface area (Å²) in [6, 6.07) is 3.50. The van der Waals surface area contributed by atoms with E-state index >= 15 is 0 Å². The fourth-order valence-electron chi connectivity index (χ4n) is 3.93. The normalized spacial score (nSPS) is 24.0. The van der Waals surface area contributed by atoms with E-state index in [4.69, 9.17) is 4.98 Å². The molecule has 116 valence electrons. The molecular weight excluding hydrogens is 258 g/mol. The van der Waals surface area contributed by atoms with Gasteiger partial charge in [0.15, 0.2) is 0 Å². The van der Waals surface area contributed by atoms with Crippen molar-refractivity contribution in [3.05, 3.63) is 23.4 Å². The molecule has 3 rings (SSSR count). The third kappa shape index (κ3) is 3.08. The highest BCUT2D eigenvalue weighted by molar-refractivity contribution is 5.45. The number of anilines is 1. The Morgan fingerprint density at radius 1 is 1.10 bits per heavy atom. The van der Waals surface area contributed by atoms with Gasteiger partial charge in [-0.1, -0.05) is 6.42 Å². The molecule has 2 fully saturated rings. The van der Waals surface area contributed by atoms with Gasteiger partial charge in [0.1, 0.15) is 5.82 Å². The maximum atomic E-state index is 4.79. The van der Waals surface area contributed by atoms with Crippen molar-refractivity contribution in [3.8, 4) is 0 Å². The average Bonchev–Trinajstić information content (AvgIpc) is 3.01. The number of aromatic nitrogens is 1. The number of rotatable bonds is 3. The quantitative estimate of drug-likeness (QED) is 0.840. The molecule has 0 aromatic carbocycles. The molecule has 0 radical (unpaired) electrons. The Labute approximate surface area is 129 Å². The van der Waals surface area contributed by atoms with Crippen molar-refractivity contribution < 1.29 is 0 Å². The van der Waals surface area contributed by atoms with Crippen LogP contribution in [0.1, 0.15) is 63.1 Å². The van der Waals surface area contributed by atoms with E-state index in [1.165, 1.54) is 68.7 Å². The number of nitrogens with zero attached hydrogens (tertiary/aromatic N) is 3. The average molecular weight is 287 g/mol. The van der Waals surface area contributed by atoms with Gasteiger partial charge in [0, 0.05) is 31.4 Å². The Kier molecular flexibility index (Phi) is 4.48. The lowest BCUT2D eigenvalue weighted by molar-refractivity contribution is 0.111. The van der Waals surface area contributed by atoms with Gasteiger partial charge in [0.05, 0.1) is 0 Å². The first-order chi connectivity index (χ1) is 10.2. The number of hydrogen-bond acceptors (Lipinski definition) is 3. The standard InChI is InChI=1S/C18H29N3/c1-14(2)21-11-5-4-8-17(21)16-13-19-18(12-15(16)3)20-9-6-7-10-20/h12-14,17H,4-11H2,1-3H3/t17-/m0/s1. The van der Waals surface area contributed by atoms with E-state index in [0.717, 1.165) is 0 Å². The fraction of sp³-hybridized carbons (Fsp3) is 0.722. The molecule has 0 spiro atoms. The van der Waals surface area contributed by atoms with Crippen LogP contribution in [0, 0.1) is 6.92 Å². The number of aryl methyl sites for hydroxylation is 1. The molecule has 0 amide bonds. The molecule has 2 aliphatic heterocycles. The second-order valence-electron chi connectivity index (χ2n) is 6.94. The summed E-state index contributed by atoms with van der Waals surface area (Å²) in [5.41, 5.74) is 2.87. The van der Waals surface area contributed by atoms with E-state index in [1.807, 2.05) is 0 Å². The zero-order chi connectivity index (χ0) is 14.8. The maximum absolute atomic E-state index is 4.79. The number of piperidine rings is 1. The molecule has 2 saturated heterocycles. The Morgan fingerprint density at radius 3 is 2.48 bits per heavy atom. The van der Waals surface area contributed by atoms with Crippen LogP contribution in [0.4, 0.5) is 5.82 Å². The predicted octanol–water partition coefficient (Wildman–Crippen LogP) is 3.93. The monoisotopic (exact) mass is 287 g/mol. The highest BCUT2D eigenvalue weighted by Crippen LogP contribution is 2.34. The molecule has 3 nitrogen and oxygen atoms in total. The van der Waals surface area contributed by atoms with Crippen LogP contribution >= 0.6 is 0 Å². The van der Waals surface area contributed by atoms with Crippen molar-refractivity contribution in [3.63, 3.8) is 0 Å². The number of hydrogen-bond donors (Lipinski definition) is 0. The lowest BCUT2D eigenvalue weighted by Crippen LogP contribution is -2.38. The van der Waals surface area contributed by atoms with Gasteiger partial charge in [-0.2, -0.15) is 0 Å². The van der Waals surface area contributed by atoms with Crippen LogP contribution < -0.4 is 4.90 Å². The Hall–Kier alpha value is -1.09. The molecular formula is C18H29N3. The Balaban J connectivity index is 1.84. The van der Waals surface area contributed by atoms with Crippen molar-refractivity contribution >= 4 is 5.82 Å². The van der Waals surface area contributed by atoms with Gasteiger partial charge < -0.3 is 4.90 Å². The molecule has 0 saturated carbocycles. The largest absolute Gasteiger partial charge is 0.357 e. The lowest BCUT2D eigenvalue weighted by Gasteiger charge is -2.39. The maximum Gasteiger partial charge on any atom is 0.128 e. The van der Waals surface area contributed by atoms with Crippen LogP contribution in [0.15, 0.2) is 12.3 Å². The van der Waals surface area contributed by atoms with Crippen LogP contribution in [-0.2, 0) is 0 Å². The summed E-state index contributed by atoms with van der Waals surface area (Å²) in [4.78, 5) is 9.87.